The Balaban J connectivity index is 2.21. The molecule has 0 aromatic carbocycles. The van der Waals surface area contributed by atoms with Crippen molar-refractivity contribution in [2.45, 2.75) is 72.6 Å². The maximum Gasteiger partial charge on any atom is 0.309 e. The van der Waals surface area contributed by atoms with Gasteiger partial charge >= 0.3 is 5.97 Å². The normalized spacial score (nSPS) is 17.2. The quantitative estimate of drug-likeness (QED) is 0.213. The van der Waals surface area contributed by atoms with Gasteiger partial charge in [0, 0.05) is 6.61 Å². The zero-order chi connectivity index (χ0) is 20.6. The number of carbonyl (C=O) groups is 1. The fourth-order valence-electron chi connectivity index (χ4n) is 3.27. The summed E-state index contributed by atoms with van der Waals surface area (Å²) in [6.45, 7) is 11.0. The van der Waals surface area contributed by atoms with Crippen LogP contribution in [0.5, 0.6) is 0 Å². The van der Waals surface area contributed by atoms with Crippen LogP contribution < -0.4 is 0 Å². The molecule has 4 nitrogen and oxygen atoms in total. The summed E-state index contributed by atoms with van der Waals surface area (Å²) in [6, 6.07) is 0. The summed E-state index contributed by atoms with van der Waals surface area (Å²) in [5.41, 5.74) is 4.24. The molecule has 0 saturated carbocycles. The van der Waals surface area contributed by atoms with Crippen LogP contribution in [0.4, 0.5) is 0 Å². The first kappa shape index (κ1) is 24.6. The summed E-state index contributed by atoms with van der Waals surface area (Å²) in [7, 11) is 0. The van der Waals surface area contributed by atoms with Crippen molar-refractivity contribution in [3.05, 3.63) is 34.9 Å². The Kier molecular flexibility index (Phi) is 13.7. The number of hydrogen-bond acceptors (Lipinski definition) is 4. The van der Waals surface area contributed by atoms with Crippen LogP contribution >= 0.6 is 0 Å². The Morgan fingerprint density at radius 1 is 1.07 bits per heavy atom. The molecule has 0 saturated heterocycles. The first-order valence-corrected chi connectivity index (χ1v) is 10.8. The van der Waals surface area contributed by atoms with Gasteiger partial charge in [-0.25, -0.2) is 0 Å². The lowest BCUT2D eigenvalue weighted by atomic mass is 9.87. The maximum absolute atomic E-state index is 12.3. The molecule has 0 aromatic rings. The largest absolute Gasteiger partial charge is 0.463 e. The van der Waals surface area contributed by atoms with E-state index in [0.717, 1.165) is 44.9 Å². The summed E-state index contributed by atoms with van der Waals surface area (Å²) in [5, 5.41) is 0. The van der Waals surface area contributed by atoms with E-state index in [-0.39, 0.29) is 11.9 Å². The van der Waals surface area contributed by atoms with E-state index in [1.807, 2.05) is 6.92 Å². The second-order valence-electron chi connectivity index (χ2n) is 7.73. The Morgan fingerprint density at radius 2 is 1.82 bits per heavy atom. The first-order chi connectivity index (χ1) is 13.5. The SMILES string of the molecule is CCOCCOCCOC(=O)C1CCC=C(CC/C=C(\C)CCC=C(C)C)C1. The molecule has 28 heavy (non-hydrogen) atoms. The highest BCUT2D eigenvalue weighted by Crippen LogP contribution is 2.28. The predicted molar refractivity (Wildman–Crippen MR) is 115 cm³/mol. The Labute approximate surface area is 172 Å². The van der Waals surface area contributed by atoms with Gasteiger partial charge in [-0.05, 0) is 72.6 Å². The Morgan fingerprint density at radius 3 is 2.57 bits per heavy atom. The average Bonchev–Trinajstić information content (AvgIpc) is 2.67. The van der Waals surface area contributed by atoms with Crippen LogP contribution in [-0.2, 0) is 19.0 Å². The lowest BCUT2D eigenvalue weighted by molar-refractivity contribution is -0.150. The van der Waals surface area contributed by atoms with Crippen molar-refractivity contribution >= 4 is 5.97 Å². The van der Waals surface area contributed by atoms with E-state index in [1.165, 1.54) is 16.7 Å². The van der Waals surface area contributed by atoms with Crippen molar-refractivity contribution in [1.82, 2.24) is 0 Å². The van der Waals surface area contributed by atoms with Gasteiger partial charge in [0.05, 0.1) is 25.7 Å². The molecule has 0 fully saturated rings. The molecule has 1 atom stereocenters. The van der Waals surface area contributed by atoms with E-state index >= 15 is 0 Å². The zero-order valence-electron chi connectivity index (χ0n) is 18.4. The van der Waals surface area contributed by atoms with Gasteiger partial charge in [-0.3, -0.25) is 4.79 Å². The van der Waals surface area contributed by atoms with Gasteiger partial charge in [-0.1, -0.05) is 34.9 Å². The third-order valence-electron chi connectivity index (χ3n) is 4.89. The molecule has 0 spiro atoms. The minimum Gasteiger partial charge on any atom is -0.463 e. The highest BCUT2D eigenvalue weighted by molar-refractivity contribution is 5.73. The van der Waals surface area contributed by atoms with E-state index in [2.05, 4.69) is 39.0 Å². The number of hydrogen-bond donors (Lipinski definition) is 0. The zero-order valence-corrected chi connectivity index (χ0v) is 18.4. The second kappa shape index (κ2) is 15.5. The van der Waals surface area contributed by atoms with Crippen molar-refractivity contribution in [3.63, 3.8) is 0 Å². The van der Waals surface area contributed by atoms with Crippen LogP contribution in [0.25, 0.3) is 0 Å². The van der Waals surface area contributed by atoms with E-state index in [4.69, 9.17) is 14.2 Å². The minimum atomic E-state index is -0.0764. The van der Waals surface area contributed by atoms with Crippen LogP contribution in [0, 0.1) is 5.92 Å². The van der Waals surface area contributed by atoms with E-state index in [1.54, 1.807) is 0 Å². The van der Waals surface area contributed by atoms with E-state index in [9.17, 15) is 4.79 Å². The molecule has 1 aliphatic rings. The molecule has 0 aliphatic heterocycles. The molecule has 0 N–H and O–H groups in total. The van der Waals surface area contributed by atoms with E-state index in [0.29, 0.717) is 33.0 Å². The van der Waals surface area contributed by atoms with Gasteiger partial charge in [0.2, 0.25) is 0 Å². The third-order valence-corrected chi connectivity index (χ3v) is 4.89. The molecular formula is C24H40O4. The smallest absolute Gasteiger partial charge is 0.309 e. The van der Waals surface area contributed by atoms with Crippen molar-refractivity contribution in [2.75, 3.05) is 33.0 Å². The number of rotatable bonds is 14. The lowest BCUT2D eigenvalue weighted by Crippen LogP contribution is -2.22. The third kappa shape index (κ3) is 12.1. The second-order valence-corrected chi connectivity index (χ2v) is 7.73. The van der Waals surface area contributed by atoms with Crippen LogP contribution in [-0.4, -0.2) is 39.0 Å². The number of esters is 1. The van der Waals surface area contributed by atoms with Crippen molar-refractivity contribution in [1.29, 1.82) is 0 Å². The molecule has 0 amide bonds. The van der Waals surface area contributed by atoms with Gasteiger partial charge in [0.15, 0.2) is 0 Å². The minimum absolute atomic E-state index is 0.00571. The molecule has 0 bridgehead atoms. The van der Waals surface area contributed by atoms with Gasteiger partial charge in [-0.2, -0.15) is 0 Å². The molecule has 0 radical (unpaired) electrons. The van der Waals surface area contributed by atoms with Crippen LogP contribution in [0.3, 0.4) is 0 Å². The van der Waals surface area contributed by atoms with Crippen molar-refractivity contribution in [2.24, 2.45) is 5.92 Å². The summed E-state index contributed by atoms with van der Waals surface area (Å²) in [6.07, 6.45) is 14.0. The van der Waals surface area contributed by atoms with Crippen LogP contribution in [0.15, 0.2) is 34.9 Å². The van der Waals surface area contributed by atoms with Crippen LogP contribution in [0.1, 0.15) is 72.6 Å². The summed E-state index contributed by atoms with van der Waals surface area (Å²) >= 11 is 0. The molecule has 1 rings (SSSR count). The molecular weight excluding hydrogens is 352 g/mol. The monoisotopic (exact) mass is 392 g/mol. The average molecular weight is 393 g/mol. The van der Waals surface area contributed by atoms with Gasteiger partial charge in [0.1, 0.15) is 6.61 Å². The highest BCUT2D eigenvalue weighted by atomic mass is 16.6. The van der Waals surface area contributed by atoms with Crippen LogP contribution in [0.2, 0.25) is 0 Å². The van der Waals surface area contributed by atoms with E-state index < -0.39 is 0 Å². The molecule has 160 valence electrons. The van der Waals surface area contributed by atoms with Gasteiger partial charge in [0.25, 0.3) is 0 Å². The standard InChI is InChI=1S/C24H40O4/c1-5-26-15-16-27-17-18-28-24(25)23-14-8-13-22(19-23)12-7-11-21(4)10-6-9-20(2)3/h9,11,13,23H,5-8,10,12,14-19H2,1-4H3/b21-11+. The molecule has 4 heteroatoms. The Bertz CT molecular complexity index is 527. The van der Waals surface area contributed by atoms with Gasteiger partial charge < -0.3 is 14.2 Å². The topological polar surface area (TPSA) is 44.8 Å². The number of carbonyl (C=O) groups excluding carboxylic acids is 1. The number of ether oxygens (including phenoxy) is 3. The maximum atomic E-state index is 12.3. The number of allylic oxidation sites excluding steroid dienone is 6. The predicted octanol–water partition coefficient (Wildman–Crippen LogP) is 5.78. The molecule has 0 aromatic heterocycles. The van der Waals surface area contributed by atoms with Gasteiger partial charge in [-0.15, -0.1) is 0 Å². The lowest BCUT2D eigenvalue weighted by Gasteiger charge is -2.21. The molecule has 0 heterocycles. The molecule has 1 unspecified atom stereocenters. The fourth-order valence-corrected chi connectivity index (χ4v) is 3.27. The first-order valence-electron chi connectivity index (χ1n) is 10.8. The van der Waals surface area contributed by atoms with Crippen molar-refractivity contribution in [3.8, 4) is 0 Å². The molecule has 1 aliphatic carbocycles. The summed E-state index contributed by atoms with van der Waals surface area (Å²) in [4.78, 5) is 12.3. The summed E-state index contributed by atoms with van der Waals surface area (Å²) in [5.74, 6) is -0.0707. The fraction of sp³-hybridized carbons (Fsp3) is 0.708. The highest BCUT2D eigenvalue weighted by Gasteiger charge is 2.23. The Hall–Kier alpha value is -1.39. The summed E-state index contributed by atoms with van der Waals surface area (Å²) < 4.78 is 16.0. The van der Waals surface area contributed by atoms with Crippen molar-refractivity contribution < 1.29 is 19.0 Å².